The molecular weight excluding hydrogens is 258 g/mol. The number of nitrogens with one attached hydrogen (secondary N) is 1. The highest BCUT2D eigenvalue weighted by molar-refractivity contribution is 5.74. The van der Waals surface area contributed by atoms with Crippen molar-refractivity contribution in [2.45, 2.75) is 38.9 Å². The van der Waals surface area contributed by atoms with Crippen molar-refractivity contribution < 1.29 is 19.1 Å². The lowest BCUT2D eigenvalue weighted by Crippen LogP contribution is -2.29. The lowest BCUT2D eigenvalue weighted by Gasteiger charge is -2.21. The van der Waals surface area contributed by atoms with Crippen LogP contribution < -0.4 is 10.1 Å². The van der Waals surface area contributed by atoms with Gasteiger partial charge in [-0.15, -0.1) is 0 Å². The van der Waals surface area contributed by atoms with E-state index in [1.165, 1.54) is 0 Å². The summed E-state index contributed by atoms with van der Waals surface area (Å²) >= 11 is 0. The fourth-order valence-corrected chi connectivity index (χ4v) is 1.80. The number of hydrogen-bond donors (Lipinski definition) is 1. The minimum Gasteiger partial charge on any atom is -0.490 e. The Morgan fingerprint density at radius 1 is 1.35 bits per heavy atom. The molecule has 1 amide bonds. The standard InChI is InChI=1S/C15H21NO4/c1-3-13(20-14-7-5-4-6-8-14)9-12(2)19-15(18)10-16-11-17/h4-8,11-13H,3,9-10H2,1-2H3,(H,16,17). The third kappa shape index (κ3) is 6.22. The van der Waals surface area contributed by atoms with Crippen LogP contribution in [-0.2, 0) is 14.3 Å². The number of ether oxygens (including phenoxy) is 2. The maximum atomic E-state index is 11.4. The van der Waals surface area contributed by atoms with E-state index in [1.807, 2.05) is 44.2 Å². The van der Waals surface area contributed by atoms with Crippen LogP contribution >= 0.6 is 0 Å². The van der Waals surface area contributed by atoms with Crippen LogP contribution in [0.3, 0.4) is 0 Å². The third-order valence-electron chi connectivity index (χ3n) is 2.76. The maximum absolute atomic E-state index is 11.4. The van der Waals surface area contributed by atoms with Crippen molar-refractivity contribution in [3.05, 3.63) is 30.3 Å². The summed E-state index contributed by atoms with van der Waals surface area (Å²) in [4.78, 5) is 21.4. The fourth-order valence-electron chi connectivity index (χ4n) is 1.80. The summed E-state index contributed by atoms with van der Waals surface area (Å²) in [5.41, 5.74) is 0. The molecule has 5 nitrogen and oxygen atoms in total. The zero-order chi connectivity index (χ0) is 14.8. The molecule has 0 bridgehead atoms. The summed E-state index contributed by atoms with van der Waals surface area (Å²) in [6, 6.07) is 9.55. The van der Waals surface area contributed by atoms with Gasteiger partial charge in [0.15, 0.2) is 0 Å². The minimum absolute atomic E-state index is 0.0146. The van der Waals surface area contributed by atoms with E-state index in [9.17, 15) is 9.59 Å². The monoisotopic (exact) mass is 279 g/mol. The molecule has 2 atom stereocenters. The molecular formula is C15H21NO4. The molecule has 0 saturated carbocycles. The largest absolute Gasteiger partial charge is 0.490 e. The van der Waals surface area contributed by atoms with Crippen molar-refractivity contribution in [1.82, 2.24) is 5.32 Å². The average molecular weight is 279 g/mol. The molecule has 0 aliphatic rings. The first-order chi connectivity index (χ1) is 9.65. The van der Waals surface area contributed by atoms with Gasteiger partial charge in [-0.1, -0.05) is 25.1 Å². The first-order valence-electron chi connectivity index (χ1n) is 6.74. The Labute approximate surface area is 119 Å². The van der Waals surface area contributed by atoms with Crippen LogP contribution in [0.1, 0.15) is 26.7 Å². The van der Waals surface area contributed by atoms with Crippen LogP contribution in [0.4, 0.5) is 0 Å². The van der Waals surface area contributed by atoms with Crippen molar-refractivity contribution in [2.75, 3.05) is 6.54 Å². The van der Waals surface area contributed by atoms with E-state index >= 15 is 0 Å². The van der Waals surface area contributed by atoms with Gasteiger partial charge in [-0.25, -0.2) is 0 Å². The molecule has 1 aromatic rings. The lowest BCUT2D eigenvalue weighted by molar-refractivity contribution is -0.148. The number of carbonyl (C=O) groups excluding carboxylic acids is 2. The summed E-state index contributed by atoms with van der Waals surface area (Å²) in [6.07, 6.45) is 1.63. The molecule has 0 radical (unpaired) electrons. The number of esters is 1. The Morgan fingerprint density at radius 3 is 2.65 bits per heavy atom. The molecule has 2 unspecified atom stereocenters. The highest BCUT2D eigenvalue weighted by atomic mass is 16.5. The number of carbonyl (C=O) groups is 2. The van der Waals surface area contributed by atoms with E-state index in [0.717, 1.165) is 12.2 Å². The second-order valence-corrected chi connectivity index (χ2v) is 4.50. The van der Waals surface area contributed by atoms with Gasteiger partial charge in [0, 0.05) is 6.42 Å². The normalized spacial score (nSPS) is 13.1. The Balaban J connectivity index is 2.39. The van der Waals surface area contributed by atoms with E-state index in [4.69, 9.17) is 9.47 Å². The van der Waals surface area contributed by atoms with Crippen molar-refractivity contribution in [1.29, 1.82) is 0 Å². The van der Waals surface area contributed by atoms with Crippen LogP contribution in [0, 0.1) is 0 Å². The van der Waals surface area contributed by atoms with E-state index < -0.39 is 5.97 Å². The molecule has 5 heteroatoms. The molecule has 0 aliphatic heterocycles. The molecule has 1 N–H and O–H groups in total. The lowest BCUT2D eigenvalue weighted by atomic mass is 10.1. The fraction of sp³-hybridized carbons (Fsp3) is 0.467. The maximum Gasteiger partial charge on any atom is 0.325 e. The molecule has 0 fully saturated rings. The van der Waals surface area contributed by atoms with E-state index in [1.54, 1.807) is 0 Å². The number of para-hydroxylation sites is 1. The van der Waals surface area contributed by atoms with Crippen LogP contribution in [0.5, 0.6) is 5.75 Å². The van der Waals surface area contributed by atoms with E-state index in [2.05, 4.69) is 5.32 Å². The zero-order valence-electron chi connectivity index (χ0n) is 11.9. The molecule has 0 aromatic heterocycles. The number of rotatable bonds is 9. The molecule has 110 valence electrons. The van der Waals surface area contributed by atoms with E-state index in [0.29, 0.717) is 12.8 Å². The van der Waals surface area contributed by atoms with Crippen LogP contribution in [-0.4, -0.2) is 31.1 Å². The van der Waals surface area contributed by atoms with Crippen molar-refractivity contribution in [2.24, 2.45) is 0 Å². The zero-order valence-corrected chi connectivity index (χ0v) is 11.9. The molecule has 1 rings (SSSR count). The predicted molar refractivity (Wildman–Crippen MR) is 75.4 cm³/mol. The van der Waals surface area contributed by atoms with Crippen LogP contribution in [0.2, 0.25) is 0 Å². The Hall–Kier alpha value is -2.04. The summed E-state index contributed by atoms with van der Waals surface area (Å²) in [5, 5.41) is 2.27. The van der Waals surface area contributed by atoms with Gasteiger partial charge in [-0.2, -0.15) is 0 Å². The average Bonchev–Trinajstić information content (AvgIpc) is 2.45. The molecule has 0 saturated heterocycles. The van der Waals surface area contributed by atoms with Gasteiger partial charge in [0.1, 0.15) is 24.5 Å². The smallest absolute Gasteiger partial charge is 0.325 e. The van der Waals surface area contributed by atoms with Crippen molar-refractivity contribution in [3.8, 4) is 5.75 Å². The van der Waals surface area contributed by atoms with Crippen molar-refractivity contribution in [3.63, 3.8) is 0 Å². The van der Waals surface area contributed by atoms with E-state index in [-0.39, 0.29) is 18.8 Å². The Morgan fingerprint density at radius 2 is 2.05 bits per heavy atom. The first kappa shape index (κ1) is 16.0. The van der Waals surface area contributed by atoms with Crippen LogP contribution in [0.15, 0.2) is 30.3 Å². The SMILES string of the molecule is CCC(CC(C)OC(=O)CNC=O)Oc1ccccc1. The highest BCUT2D eigenvalue weighted by Gasteiger charge is 2.16. The topological polar surface area (TPSA) is 64.6 Å². The molecule has 1 aromatic carbocycles. The summed E-state index contributed by atoms with van der Waals surface area (Å²) in [6.45, 7) is 3.73. The van der Waals surface area contributed by atoms with Gasteiger partial charge < -0.3 is 14.8 Å². The quantitative estimate of drug-likeness (QED) is 0.554. The Bertz CT molecular complexity index is 408. The summed E-state index contributed by atoms with van der Waals surface area (Å²) in [7, 11) is 0. The molecule has 0 aliphatic carbocycles. The second kappa shape index (κ2) is 8.96. The van der Waals surface area contributed by atoms with Gasteiger partial charge in [-0.3, -0.25) is 9.59 Å². The number of hydrogen-bond acceptors (Lipinski definition) is 4. The number of benzene rings is 1. The predicted octanol–water partition coefficient (Wildman–Crippen LogP) is 1.91. The van der Waals surface area contributed by atoms with Crippen LogP contribution in [0.25, 0.3) is 0 Å². The third-order valence-corrected chi connectivity index (χ3v) is 2.76. The Kier molecular flexibility index (Phi) is 7.17. The summed E-state index contributed by atoms with van der Waals surface area (Å²) in [5.74, 6) is 0.361. The van der Waals surface area contributed by atoms with Gasteiger partial charge in [0.25, 0.3) is 0 Å². The second-order valence-electron chi connectivity index (χ2n) is 4.50. The van der Waals surface area contributed by atoms with Gasteiger partial charge in [0.05, 0.1) is 0 Å². The van der Waals surface area contributed by atoms with Gasteiger partial charge in [-0.05, 0) is 25.5 Å². The molecule has 20 heavy (non-hydrogen) atoms. The molecule has 0 spiro atoms. The first-order valence-corrected chi connectivity index (χ1v) is 6.74. The number of amides is 1. The summed E-state index contributed by atoms with van der Waals surface area (Å²) < 4.78 is 11.0. The van der Waals surface area contributed by atoms with Gasteiger partial charge >= 0.3 is 5.97 Å². The molecule has 0 heterocycles. The minimum atomic E-state index is -0.445. The highest BCUT2D eigenvalue weighted by Crippen LogP contribution is 2.16. The van der Waals surface area contributed by atoms with Crippen molar-refractivity contribution >= 4 is 12.4 Å². The van der Waals surface area contributed by atoms with Gasteiger partial charge in [0.2, 0.25) is 6.41 Å².